The number of aliphatic hydroxyl groups is 1. The molecule has 0 amide bonds. The smallest absolute Gasteiger partial charge is 0.406 e. The van der Waals surface area contributed by atoms with Gasteiger partial charge in [0.1, 0.15) is 17.3 Å². The molecule has 2 heterocycles. The van der Waals surface area contributed by atoms with Gasteiger partial charge in [-0.05, 0) is 43.5 Å². The van der Waals surface area contributed by atoms with Gasteiger partial charge in [-0.15, -0.1) is 13.2 Å². The van der Waals surface area contributed by atoms with E-state index in [1.807, 2.05) is 4.90 Å². The van der Waals surface area contributed by atoms with Crippen molar-refractivity contribution in [3.8, 4) is 5.75 Å². The van der Waals surface area contributed by atoms with E-state index < -0.39 is 16.9 Å². The van der Waals surface area contributed by atoms with Gasteiger partial charge in [0, 0.05) is 19.2 Å². The minimum atomic E-state index is -4.80. The van der Waals surface area contributed by atoms with E-state index in [-0.39, 0.29) is 24.3 Å². The minimum absolute atomic E-state index is 0.0706. The van der Waals surface area contributed by atoms with Crippen molar-refractivity contribution in [2.45, 2.75) is 31.7 Å². The highest BCUT2D eigenvalue weighted by Gasteiger charge is 2.36. The van der Waals surface area contributed by atoms with Gasteiger partial charge in [0.2, 0.25) is 0 Å². The van der Waals surface area contributed by atoms with E-state index >= 15 is 0 Å². The maximum Gasteiger partial charge on any atom is 0.573 e. The summed E-state index contributed by atoms with van der Waals surface area (Å²) >= 11 is 0. The lowest BCUT2D eigenvalue weighted by atomic mass is 9.84. The number of hydrogen-bond donors (Lipinski definition) is 1. The topological polar surface area (TPSA) is 88.7 Å². The molecule has 0 spiro atoms. The Labute approximate surface area is 158 Å². The molecule has 7 nitrogen and oxygen atoms in total. The maximum absolute atomic E-state index is 12.4. The Morgan fingerprint density at radius 2 is 1.93 bits per heavy atom. The molecule has 0 aliphatic carbocycles. The van der Waals surface area contributed by atoms with Crippen molar-refractivity contribution in [3.05, 3.63) is 57.8 Å². The number of anilines is 1. The molecule has 28 heavy (non-hydrogen) atoms. The lowest BCUT2D eigenvalue weighted by molar-refractivity contribution is -0.385. The fourth-order valence-electron chi connectivity index (χ4n) is 3.29. The summed E-state index contributed by atoms with van der Waals surface area (Å²) in [5, 5.41) is 21.8. The van der Waals surface area contributed by atoms with Crippen LogP contribution in [0, 0.1) is 17.0 Å². The SMILES string of the molecule is Cc1nc(N2CCC(O)(c3cccc(OC(F)(F)F)c3)CC2)ccc1[N+](=O)[O-]. The maximum atomic E-state index is 12.4. The molecule has 1 aromatic carbocycles. The first kappa shape index (κ1) is 19.9. The Balaban J connectivity index is 1.73. The average molecular weight is 397 g/mol. The number of alkyl halides is 3. The third-order valence-corrected chi connectivity index (χ3v) is 4.76. The van der Waals surface area contributed by atoms with Crippen molar-refractivity contribution in [2.75, 3.05) is 18.0 Å². The Hall–Kier alpha value is -2.88. The summed E-state index contributed by atoms with van der Waals surface area (Å²) in [6.07, 6.45) is -4.27. The Kier molecular flexibility index (Phi) is 5.16. The number of hydrogen-bond acceptors (Lipinski definition) is 6. The molecule has 1 aromatic heterocycles. The van der Waals surface area contributed by atoms with Crippen LogP contribution in [-0.2, 0) is 5.60 Å². The van der Waals surface area contributed by atoms with Gasteiger partial charge in [-0.1, -0.05) is 12.1 Å². The first-order valence-electron chi connectivity index (χ1n) is 8.53. The Bertz CT molecular complexity index is 881. The lowest BCUT2D eigenvalue weighted by Crippen LogP contribution is -2.43. The van der Waals surface area contributed by atoms with Crippen molar-refractivity contribution in [2.24, 2.45) is 0 Å². The molecule has 1 aliphatic heterocycles. The third-order valence-electron chi connectivity index (χ3n) is 4.76. The molecule has 0 radical (unpaired) electrons. The van der Waals surface area contributed by atoms with E-state index in [4.69, 9.17) is 0 Å². The number of aromatic nitrogens is 1. The van der Waals surface area contributed by atoms with Gasteiger partial charge in [0.25, 0.3) is 5.69 Å². The lowest BCUT2D eigenvalue weighted by Gasteiger charge is -2.39. The van der Waals surface area contributed by atoms with Crippen LogP contribution in [0.5, 0.6) is 5.75 Å². The molecule has 0 atom stereocenters. The number of rotatable bonds is 4. The quantitative estimate of drug-likeness (QED) is 0.625. The molecule has 2 aromatic rings. The molecule has 0 bridgehead atoms. The number of nitrogens with zero attached hydrogens (tertiary/aromatic N) is 3. The third kappa shape index (κ3) is 4.33. The van der Waals surface area contributed by atoms with E-state index in [0.717, 1.165) is 0 Å². The van der Waals surface area contributed by atoms with Crippen LogP contribution in [0.4, 0.5) is 24.7 Å². The van der Waals surface area contributed by atoms with Crippen LogP contribution in [0.3, 0.4) is 0 Å². The van der Waals surface area contributed by atoms with Crippen molar-refractivity contribution in [1.82, 2.24) is 4.98 Å². The highest BCUT2D eigenvalue weighted by molar-refractivity contribution is 5.47. The van der Waals surface area contributed by atoms with Gasteiger partial charge in [-0.2, -0.15) is 0 Å². The zero-order valence-corrected chi connectivity index (χ0v) is 14.9. The van der Waals surface area contributed by atoms with Gasteiger partial charge >= 0.3 is 6.36 Å². The molecule has 1 N–H and O–H groups in total. The van der Waals surface area contributed by atoms with Crippen LogP contribution < -0.4 is 9.64 Å². The molecular formula is C18H18F3N3O4. The Morgan fingerprint density at radius 3 is 2.50 bits per heavy atom. The average Bonchev–Trinajstić information content (AvgIpc) is 2.61. The van der Waals surface area contributed by atoms with Gasteiger partial charge in [-0.25, -0.2) is 4.98 Å². The predicted molar refractivity (Wildman–Crippen MR) is 94.1 cm³/mol. The zero-order chi connectivity index (χ0) is 20.5. The second kappa shape index (κ2) is 7.27. The molecule has 1 saturated heterocycles. The van der Waals surface area contributed by atoms with E-state index in [0.29, 0.717) is 30.2 Å². The van der Waals surface area contributed by atoms with Crippen molar-refractivity contribution >= 4 is 11.5 Å². The van der Waals surface area contributed by atoms with E-state index in [1.54, 1.807) is 19.1 Å². The van der Waals surface area contributed by atoms with E-state index in [9.17, 15) is 28.4 Å². The molecule has 1 aliphatic rings. The molecule has 10 heteroatoms. The normalized spacial score (nSPS) is 16.7. The molecule has 1 fully saturated rings. The van der Waals surface area contributed by atoms with E-state index in [1.165, 1.54) is 24.3 Å². The number of nitro groups is 1. The highest BCUT2D eigenvalue weighted by atomic mass is 19.4. The van der Waals surface area contributed by atoms with Crippen LogP contribution >= 0.6 is 0 Å². The summed E-state index contributed by atoms with van der Waals surface area (Å²) in [6, 6.07) is 8.27. The fraction of sp³-hybridized carbons (Fsp3) is 0.389. The Morgan fingerprint density at radius 1 is 1.25 bits per heavy atom. The summed E-state index contributed by atoms with van der Waals surface area (Å²) in [5.41, 5.74) is -0.724. The predicted octanol–water partition coefficient (Wildman–Crippen LogP) is 3.68. The molecule has 3 rings (SSSR count). The second-order valence-corrected chi connectivity index (χ2v) is 6.63. The second-order valence-electron chi connectivity index (χ2n) is 6.63. The van der Waals surface area contributed by atoms with Crippen molar-refractivity contribution in [3.63, 3.8) is 0 Å². The minimum Gasteiger partial charge on any atom is -0.406 e. The summed E-state index contributed by atoms with van der Waals surface area (Å²) in [4.78, 5) is 16.5. The standard InChI is InChI=1S/C18H18F3N3O4/c1-12-15(24(26)27)5-6-16(22-12)23-9-7-17(25,8-10-23)13-3-2-4-14(11-13)28-18(19,20)21/h2-6,11,25H,7-10H2,1H3. The van der Waals surface area contributed by atoms with Gasteiger partial charge in [-0.3, -0.25) is 10.1 Å². The molecular weight excluding hydrogens is 379 g/mol. The number of pyridine rings is 1. The number of piperidine rings is 1. The summed E-state index contributed by atoms with van der Waals surface area (Å²) in [7, 11) is 0. The van der Waals surface area contributed by atoms with Gasteiger partial charge < -0.3 is 14.7 Å². The number of benzene rings is 1. The summed E-state index contributed by atoms with van der Waals surface area (Å²) in [5.74, 6) is 0.174. The number of ether oxygens (including phenoxy) is 1. The molecule has 150 valence electrons. The van der Waals surface area contributed by atoms with Crippen LogP contribution in [0.1, 0.15) is 24.1 Å². The largest absolute Gasteiger partial charge is 0.573 e. The van der Waals surface area contributed by atoms with Crippen molar-refractivity contribution < 1.29 is 27.9 Å². The summed E-state index contributed by atoms with van der Waals surface area (Å²) < 4.78 is 41.2. The van der Waals surface area contributed by atoms with Crippen LogP contribution in [0.2, 0.25) is 0 Å². The van der Waals surface area contributed by atoms with Crippen LogP contribution in [0.25, 0.3) is 0 Å². The fourth-order valence-corrected chi connectivity index (χ4v) is 3.29. The van der Waals surface area contributed by atoms with Gasteiger partial charge in [0.15, 0.2) is 0 Å². The first-order valence-corrected chi connectivity index (χ1v) is 8.53. The molecule has 0 saturated carbocycles. The zero-order valence-electron chi connectivity index (χ0n) is 14.9. The van der Waals surface area contributed by atoms with Crippen LogP contribution in [0.15, 0.2) is 36.4 Å². The highest BCUT2D eigenvalue weighted by Crippen LogP contribution is 2.36. The molecule has 0 unspecified atom stereocenters. The van der Waals surface area contributed by atoms with E-state index in [2.05, 4.69) is 9.72 Å². The van der Waals surface area contributed by atoms with Crippen molar-refractivity contribution in [1.29, 1.82) is 0 Å². The summed E-state index contributed by atoms with van der Waals surface area (Å²) in [6.45, 7) is 2.34. The van der Waals surface area contributed by atoms with Crippen LogP contribution in [-0.4, -0.2) is 34.5 Å². The monoisotopic (exact) mass is 397 g/mol. The first-order chi connectivity index (χ1) is 13.1. The number of aryl methyl sites for hydroxylation is 1. The number of halogens is 3. The van der Waals surface area contributed by atoms with Gasteiger partial charge in [0.05, 0.1) is 10.5 Å².